The fourth-order valence-corrected chi connectivity index (χ4v) is 11.1. The zero-order chi connectivity index (χ0) is 43.9. The van der Waals surface area contributed by atoms with E-state index in [0.717, 1.165) is 66.5 Å². The lowest BCUT2D eigenvalue weighted by Crippen LogP contribution is -2.28. The van der Waals surface area contributed by atoms with E-state index in [2.05, 4.69) is 219 Å². The van der Waals surface area contributed by atoms with Gasteiger partial charge in [0, 0.05) is 33.3 Å². The van der Waals surface area contributed by atoms with Gasteiger partial charge in [0.1, 0.15) is 16.7 Å². The van der Waals surface area contributed by atoms with Crippen LogP contribution in [-0.4, -0.2) is 0 Å². The van der Waals surface area contributed by atoms with Crippen LogP contribution in [0.5, 0.6) is 0 Å². The monoisotopic (exact) mass is 845 g/mol. The van der Waals surface area contributed by atoms with E-state index >= 15 is 0 Å². The summed E-state index contributed by atoms with van der Waals surface area (Å²) >= 11 is 0. The molecule has 3 heteroatoms. The van der Waals surface area contributed by atoms with E-state index < -0.39 is 5.41 Å². The summed E-state index contributed by atoms with van der Waals surface area (Å²) in [7, 11) is 0. The first kappa shape index (κ1) is 38.1. The molecule has 0 unspecified atom stereocenters. The quantitative estimate of drug-likeness (QED) is 0.160. The van der Waals surface area contributed by atoms with Crippen LogP contribution in [0.15, 0.2) is 233 Å². The minimum atomic E-state index is -0.422. The predicted octanol–water partition coefficient (Wildman–Crippen LogP) is 17.3. The first-order chi connectivity index (χ1) is 32.5. The summed E-state index contributed by atoms with van der Waals surface area (Å²) in [6.07, 6.45) is 0. The molecule has 1 aliphatic rings. The maximum absolute atomic E-state index is 6.68. The number of nitrogens with zero attached hydrogens (tertiary/aromatic N) is 1. The van der Waals surface area contributed by atoms with Gasteiger partial charge in [0.25, 0.3) is 0 Å². The van der Waals surface area contributed by atoms with Crippen LogP contribution in [-0.2, 0) is 5.41 Å². The maximum atomic E-state index is 6.68. The molecule has 0 N–H and O–H groups in total. The molecule has 12 aromatic rings. The molecule has 0 atom stereocenters. The van der Waals surface area contributed by atoms with Crippen molar-refractivity contribution in [2.45, 2.75) is 19.3 Å². The Labute approximate surface area is 383 Å². The molecule has 0 spiro atoms. The van der Waals surface area contributed by atoms with Gasteiger partial charge in [-0.05, 0) is 123 Å². The first-order valence-corrected chi connectivity index (χ1v) is 22.7. The van der Waals surface area contributed by atoms with Gasteiger partial charge in [0.05, 0.1) is 16.8 Å². The highest BCUT2D eigenvalue weighted by atomic mass is 16.3. The molecule has 0 aliphatic heterocycles. The van der Waals surface area contributed by atoms with E-state index in [1.807, 2.05) is 24.3 Å². The van der Waals surface area contributed by atoms with Gasteiger partial charge in [-0.1, -0.05) is 176 Å². The lowest BCUT2D eigenvalue weighted by molar-refractivity contribution is 0.667. The highest BCUT2D eigenvalue weighted by Crippen LogP contribution is 2.56. The molecule has 10 aromatic carbocycles. The predicted molar refractivity (Wildman–Crippen MR) is 273 cm³/mol. The largest absolute Gasteiger partial charge is 0.456 e. The van der Waals surface area contributed by atoms with Crippen molar-refractivity contribution in [2.24, 2.45) is 0 Å². The lowest BCUT2D eigenvalue weighted by Gasteiger charge is -2.34. The van der Waals surface area contributed by atoms with Gasteiger partial charge in [0.15, 0.2) is 5.58 Å². The summed E-state index contributed by atoms with van der Waals surface area (Å²) in [5.74, 6) is 0. The van der Waals surface area contributed by atoms with Crippen molar-refractivity contribution in [3.05, 3.63) is 258 Å². The average molecular weight is 846 g/mol. The van der Waals surface area contributed by atoms with Gasteiger partial charge in [-0.2, -0.15) is 0 Å². The lowest BCUT2D eigenvalue weighted by atomic mass is 9.67. The van der Waals surface area contributed by atoms with Crippen molar-refractivity contribution in [1.82, 2.24) is 0 Å². The van der Waals surface area contributed by atoms with Crippen molar-refractivity contribution >= 4 is 60.9 Å². The van der Waals surface area contributed by atoms with Gasteiger partial charge in [-0.25, -0.2) is 0 Å². The Morgan fingerprint density at radius 1 is 0.348 bits per heavy atom. The summed E-state index contributed by atoms with van der Waals surface area (Å²) in [6.45, 7) is 4.47. The first-order valence-electron chi connectivity index (χ1n) is 22.7. The molecule has 0 saturated carbocycles. The summed E-state index contributed by atoms with van der Waals surface area (Å²) in [4.78, 5) is 2.31. The number of furan rings is 2. The van der Waals surface area contributed by atoms with Crippen LogP contribution in [0.25, 0.3) is 77.3 Å². The van der Waals surface area contributed by atoms with Crippen LogP contribution < -0.4 is 4.90 Å². The summed E-state index contributed by atoms with van der Waals surface area (Å²) in [6, 6.07) is 81.3. The van der Waals surface area contributed by atoms with Crippen LogP contribution in [0.4, 0.5) is 17.1 Å². The third kappa shape index (κ3) is 5.70. The number of para-hydroxylation sites is 3. The second kappa shape index (κ2) is 14.8. The Bertz CT molecular complexity index is 3810. The van der Waals surface area contributed by atoms with Crippen molar-refractivity contribution in [1.29, 1.82) is 0 Å². The van der Waals surface area contributed by atoms with E-state index in [-0.39, 0.29) is 0 Å². The smallest absolute Gasteiger partial charge is 0.159 e. The van der Waals surface area contributed by atoms with Crippen LogP contribution >= 0.6 is 0 Å². The maximum Gasteiger partial charge on any atom is 0.159 e. The molecule has 0 fully saturated rings. The van der Waals surface area contributed by atoms with Crippen molar-refractivity contribution < 1.29 is 8.83 Å². The normalized spacial score (nSPS) is 12.8. The molecule has 0 saturated heterocycles. The van der Waals surface area contributed by atoms with Gasteiger partial charge >= 0.3 is 0 Å². The number of rotatable bonds is 7. The molecule has 13 rings (SSSR count). The highest BCUT2D eigenvalue weighted by molar-refractivity contribution is 6.11. The Morgan fingerprint density at radius 3 is 1.62 bits per heavy atom. The van der Waals surface area contributed by atoms with E-state index in [4.69, 9.17) is 8.83 Å². The molecule has 2 heterocycles. The molecule has 312 valence electrons. The molecule has 0 radical (unpaired) electrons. The fourth-order valence-electron chi connectivity index (χ4n) is 11.1. The Morgan fingerprint density at radius 2 is 0.894 bits per heavy atom. The molecule has 1 aliphatic carbocycles. The van der Waals surface area contributed by atoms with Crippen LogP contribution in [0.2, 0.25) is 0 Å². The highest BCUT2D eigenvalue weighted by Gasteiger charge is 2.45. The fraction of sp³-hybridized carbons (Fsp3) is 0.0476. The van der Waals surface area contributed by atoms with Gasteiger partial charge in [-0.3, -0.25) is 0 Å². The summed E-state index contributed by atoms with van der Waals surface area (Å²) in [5.41, 5.74) is 21.0. The molecule has 0 amide bonds. The second-order valence-corrected chi connectivity index (χ2v) is 17.7. The van der Waals surface area contributed by atoms with E-state index in [9.17, 15) is 0 Å². The molecular formula is C63H43NO2. The Hall–Kier alpha value is -8.40. The number of aryl methyl sites for hydroxylation is 2. The summed E-state index contributed by atoms with van der Waals surface area (Å²) in [5, 5.41) is 4.38. The van der Waals surface area contributed by atoms with Crippen LogP contribution in [0.3, 0.4) is 0 Å². The van der Waals surface area contributed by atoms with E-state index in [1.165, 1.54) is 61.2 Å². The zero-order valence-electron chi connectivity index (χ0n) is 36.6. The van der Waals surface area contributed by atoms with Crippen molar-refractivity contribution in [3.8, 4) is 33.4 Å². The SMILES string of the molecule is Cc1cc(-c2cccc(N(c3ccc4c(c3)oc3ccccc34)c3cccc4c3oc3ccccc34)c2)c(C)cc1-c1ccc(C2(c3ccccc3)c3ccccc3-c3ccccc32)cc1. The molecule has 3 nitrogen and oxygen atoms in total. The van der Waals surface area contributed by atoms with Crippen LogP contribution in [0, 0.1) is 13.8 Å². The standard InChI is InChI=1S/C63H43NO2/c1-40-37-55(41(2)36-54(40)42-30-32-45(33-31-42)63(44-17-4-3-5-18-44)56-25-10-6-20-48(56)49-21-7-11-26-57(49)63)43-16-14-19-46(38-43)64(47-34-35-52-50-22-8-12-28-59(50)65-61(52)39-47)58-27-15-24-53-51-23-9-13-29-60(51)66-62(53)58/h3-39H,1-2H3. The topological polar surface area (TPSA) is 29.5 Å². The number of hydrogen-bond donors (Lipinski definition) is 0. The van der Waals surface area contributed by atoms with Crippen molar-refractivity contribution in [2.75, 3.05) is 4.90 Å². The van der Waals surface area contributed by atoms with Gasteiger partial charge in [0.2, 0.25) is 0 Å². The second-order valence-electron chi connectivity index (χ2n) is 17.7. The molecule has 66 heavy (non-hydrogen) atoms. The molecular weight excluding hydrogens is 803 g/mol. The molecule has 2 aromatic heterocycles. The number of hydrogen-bond acceptors (Lipinski definition) is 3. The minimum Gasteiger partial charge on any atom is -0.456 e. The number of benzene rings is 10. The minimum absolute atomic E-state index is 0.422. The third-order valence-corrected chi connectivity index (χ3v) is 14.0. The average Bonchev–Trinajstić information content (AvgIpc) is 4.04. The van der Waals surface area contributed by atoms with E-state index in [1.54, 1.807) is 0 Å². The number of fused-ring (bicyclic) bond motifs is 9. The Kier molecular flexibility index (Phi) is 8.56. The van der Waals surface area contributed by atoms with Crippen molar-refractivity contribution in [3.63, 3.8) is 0 Å². The van der Waals surface area contributed by atoms with Crippen LogP contribution in [0.1, 0.15) is 33.4 Å². The van der Waals surface area contributed by atoms with Gasteiger partial charge in [-0.15, -0.1) is 0 Å². The van der Waals surface area contributed by atoms with E-state index in [0.29, 0.717) is 0 Å². The zero-order valence-corrected chi connectivity index (χ0v) is 36.6. The molecule has 0 bridgehead atoms. The third-order valence-electron chi connectivity index (χ3n) is 14.0. The van der Waals surface area contributed by atoms with Gasteiger partial charge < -0.3 is 13.7 Å². The number of anilines is 3. The Balaban J connectivity index is 0.911. The summed E-state index contributed by atoms with van der Waals surface area (Å²) < 4.78 is 13.1.